The molecule has 0 aliphatic rings. The van der Waals surface area contributed by atoms with Gasteiger partial charge >= 0.3 is 0 Å². The second-order valence-corrected chi connectivity index (χ2v) is 2.44. The molecule has 6 heteroatoms. The molecule has 0 amide bonds. The van der Waals surface area contributed by atoms with Crippen molar-refractivity contribution in [3.05, 3.63) is 23.5 Å². The van der Waals surface area contributed by atoms with E-state index in [-0.39, 0.29) is 0 Å². The number of aromatic amines is 1. The SMILES string of the molecule is Clc1ncccc1-c1nn[nH]n1. The molecule has 2 aromatic heterocycles. The van der Waals surface area contributed by atoms with Gasteiger partial charge in [0.1, 0.15) is 5.15 Å². The lowest BCUT2D eigenvalue weighted by Crippen LogP contribution is -1.84. The van der Waals surface area contributed by atoms with E-state index in [1.807, 2.05) is 0 Å². The summed E-state index contributed by atoms with van der Waals surface area (Å²) in [7, 11) is 0. The van der Waals surface area contributed by atoms with Crippen LogP contribution in [-0.2, 0) is 0 Å². The first-order valence-corrected chi connectivity index (χ1v) is 3.60. The van der Waals surface area contributed by atoms with E-state index in [2.05, 4.69) is 25.6 Å². The summed E-state index contributed by atoms with van der Waals surface area (Å²) in [5.41, 5.74) is 0.674. The summed E-state index contributed by atoms with van der Waals surface area (Å²) in [6.45, 7) is 0. The summed E-state index contributed by atoms with van der Waals surface area (Å²) in [5, 5.41) is 13.7. The van der Waals surface area contributed by atoms with Crippen molar-refractivity contribution < 1.29 is 0 Å². The Labute approximate surface area is 72.8 Å². The van der Waals surface area contributed by atoms with E-state index >= 15 is 0 Å². The van der Waals surface area contributed by atoms with E-state index in [1.54, 1.807) is 18.3 Å². The maximum absolute atomic E-state index is 5.78. The normalized spacial score (nSPS) is 10.1. The molecule has 0 bridgehead atoms. The third kappa shape index (κ3) is 1.14. The molecule has 0 saturated carbocycles. The van der Waals surface area contributed by atoms with Gasteiger partial charge < -0.3 is 0 Å². The van der Waals surface area contributed by atoms with E-state index in [0.717, 1.165) is 0 Å². The molecule has 0 atom stereocenters. The van der Waals surface area contributed by atoms with E-state index in [0.29, 0.717) is 16.5 Å². The fraction of sp³-hybridized carbons (Fsp3) is 0. The highest BCUT2D eigenvalue weighted by molar-refractivity contribution is 6.31. The van der Waals surface area contributed by atoms with E-state index in [1.165, 1.54) is 0 Å². The number of nitrogens with zero attached hydrogens (tertiary/aromatic N) is 4. The first-order valence-electron chi connectivity index (χ1n) is 3.22. The maximum Gasteiger partial charge on any atom is 0.207 e. The van der Waals surface area contributed by atoms with Gasteiger partial charge in [0.2, 0.25) is 5.82 Å². The fourth-order valence-electron chi connectivity index (χ4n) is 0.829. The maximum atomic E-state index is 5.78. The highest BCUT2D eigenvalue weighted by Crippen LogP contribution is 2.20. The molecule has 0 aromatic carbocycles. The third-order valence-corrected chi connectivity index (χ3v) is 1.65. The minimum atomic E-state index is 0.374. The van der Waals surface area contributed by atoms with Crippen molar-refractivity contribution in [1.29, 1.82) is 0 Å². The molecule has 0 radical (unpaired) electrons. The molecule has 5 nitrogen and oxygen atoms in total. The Hall–Kier alpha value is -1.49. The molecule has 1 N–H and O–H groups in total. The van der Waals surface area contributed by atoms with E-state index < -0.39 is 0 Å². The summed E-state index contributed by atoms with van der Waals surface area (Å²) in [6, 6.07) is 3.54. The number of tetrazole rings is 1. The van der Waals surface area contributed by atoms with Crippen molar-refractivity contribution in [2.75, 3.05) is 0 Å². The molecule has 0 fully saturated rings. The largest absolute Gasteiger partial charge is 0.244 e. The highest BCUT2D eigenvalue weighted by Gasteiger charge is 2.06. The number of rotatable bonds is 1. The average Bonchev–Trinajstić information content (AvgIpc) is 2.57. The summed E-state index contributed by atoms with van der Waals surface area (Å²) >= 11 is 5.78. The summed E-state index contributed by atoms with van der Waals surface area (Å²) in [6.07, 6.45) is 1.60. The molecular weight excluding hydrogens is 178 g/mol. The first kappa shape index (κ1) is 7.17. The molecule has 0 aliphatic heterocycles. The van der Waals surface area contributed by atoms with Crippen molar-refractivity contribution in [1.82, 2.24) is 25.6 Å². The minimum Gasteiger partial charge on any atom is -0.244 e. The van der Waals surface area contributed by atoms with E-state index in [9.17, 15) is 0 Å². The third-order valence-electron chi connectivity index (χ3n) is 1.35. The van der Waals surface area contributed by atoms with Crippen LogP contribution in [0.4, 0.5) is 0 Å². The van der Waals surface area contributed by atoms with Crippen LogP contribution in [-0.4, -0.2) is 25.6 Å². The standard InChI is InChI=1S/C6H4ClN5/c7-5-4(2-1-3-8-5)6-9-11-12-10-6/h1-3H,(H,9,10,11,12). The molecule has 0 saturated heterocycles. The Kier molecular flexibility index (Phi) is 1.71. The van der Waals surface area contributed by atoms with Gasteiger partial charge in [-0.25, -0.2) is 4.98 Å². The highest BCUT2D eigenvalue weighted by atomic mass is 35.5. The molecule has 60 valence electrons. The topological polar surface area (TPSA) is 67.3 Å². The smallest absolute Gasteiger partial charge is 0.207 e. The lowest BCUT2D eigenvalue weighted by atomic mass is 10.3. The molecular formula is C6H4ClN5. The van der Waals surface area contributed by atoms with Gasteiger partial charge in [0.15, 0.2) is 0 Å². The molecule has 2 rings (SSSR count). The lowest BCUT2D eigenvalue weighted by molar-refractivity contribution is 0.881. The van der Waals surface area contributed by atoms with Crippen LogP contribution in [0, 0.1) is 0 Å². The van der Waals surface area contributed by atoms with Crippen LogP contribution >= 0.6 is 11.6 Å². The van der Waals surface area contributed by atoms with Crippen molar-refractivity contribution >= 4 is 11.6 Å². The van der Waals surface area contributed by atoms with E-state index in [4.69, 9.17) is 11.6 Å². The molecule has 0 aliphatic carbocycles. The number of nitrogens with one attached hydrogen (secondary N) is 1. The Morgan fingerprint density at radius 1 is 1.42 bits per heavy atom. The quantitative estimate of drug-likeness (QED) is 0.665. The van der Waals surface area contributed by atoms with Crippen molar-refractivity contribution in [2.45, 2.75) is 0 Å². The minimum absolute atomic E-state index is 0.374. The number of halogens is 1. The fourth-order valence-corrected chi connectivity index (χ4v) is 1.03. The van der Waals surface area contributed by atoms with Crippen LogP contribution in [0.15, 0.2) is 18.3 Å². The summed E-state index contributed by atoms with van der Waals surface area (Å²) < 4.78 is 0. The molecule has 0 spiro atoms. The second-order valence-electron chi connectivity index (χ2n) is 2.08. The number of H-pyrrole nitrogens is 1. The number of hydrogen-bond donors (Lipinski definition) is 1. The zero-order chi connectivity index (χ0) is 8.39. The Bertz CT molecular complexity index is 371. The molecule has 2 aromatic rings. The van der Waals surface area contributed by atoms with Crippen LogP contribution in [0.1, 0.15) is 0 Å². The van der Waals surface area contributed by atoms with Crippen LogP contribution < -0.4 is 0 Å². The van der Waals surface area contributed by atoms with Crippen LogP contribution in [0.3, 0.4) is 0 Å². The van der Waals surface area contributed by atoms with Crippen LogP contribution in [0.5, 0.6) is 0 Å². The van der Waals surface area contributed by atoms with Crippen LogP contribution in [0.2, 0.25) is 5.15 Å². The lowest BCUT2D eigenvalue weighted by Gasteiger charge is -1.94. The summed E-state index contributed by atoms with van der Waals surface area (Å²) in [5.74, 6) is 0.452. The first-order chi connectivity index (χ1) is 5.88. The van der Waals surface area contributed by atoms with Crippen molar-refractivity contribution in [3.63, 3.8) is 0 Å². The number of pyridine rings is 1. The van der Waals surface area contributed by atoms with Gasteiger partial charge in [-0.1, -0.05) is 11.6 Å². The van der Waals surface area contributed by atoms with Crippen molar-refractivity contribution in [2.24, 2.45) is 0 Å². The van der Waals surface area contributed by atoms with Gasteiger partial charge in [0.05, 0.1) is 5.56 Å². The monoisotopic (exact) mass is 181 g/mol. The Morgan fingerprint density at radius 3 is 3.00 bits per heavy atom. The average molecular weight is 182 g/mol. The van der Waals surface area contributed by atoms with Gasteiger partial charge in [-0.05, 0) is 17.3 Å². The number of hydrogen-bond acceptors (Lipinski definition) is 4. The molecule has 12 heavy (non-hydrogen) atoms. The number of aromatic nitrogens is 5. The molecule has 2 heterocycles. The predicted molar refractivity (Wildman–Crippen MR) is 42.4 cm³/mol. The zero-order valence-corrected chi connectivity index (χ0v) is 6.65. The van der Waals surface area contributed by atoms with Gasteiger partial charge in [-0.2, -0.15) is 5.21 Å². The molecule has 0 unspecified atom stereocenters. The Balaban J connectivity index is 2.55. The predicted octanol–water partition coefficient (Wildman–Crippen LogP) is 0.915. The van der Waals surface area contributed by atoms with Crippen LogP contribution in [0.25, 0.3) is 11.4 Å². The van der Waals surface area contributed by atoms with Crippen molar-refractivity contribution in [3.8, 4) is 11.4 Å². The second kappa shape index (κ2) is 2.86. The summed E-state index contributed by atoms with van der Waals surface area (Å²) in [4.78, 5) is 3.88. The van der Waals surface area contributed by atoms with Gasteiger partial charge in [0, 0.05) is 6.20 Å². The zero-order valence-electron chi connectivity index (χ0n) is 5.90. The van der Waals surface area contributed by atoms with Gasteiger partial charge in [0.25, 0.3) is 0 Å². The van der Waals surface area contributed by atoms with Gasteiger partial charge in [-0.15, -0.1) is 10.2 Å². The van der Waals surface area contributed by atoms with Gasteiger partial charge in [-0.3, -0.25) is 0 Å². The Morgan fingerprint density at radius 2 is 2.33 bits per heavy atom.